The molecule has 134 valence electrons. The van der Waals surface area contributed by atoms with Crippen molar-refractivity contribution in [3.05, 3.63) is 35.0 Å². The van der Waals surface area contributed by atoms with Gasteiger partial charge in [-0.1, -0.05) is 6.42 Å². The van der Waals surface area contributed by atoms with Gasteiger partial charge in [0, 0.05) is 35.9 Å². The van der Waals surface area contributed by atoms with Crippen molar-refractivity contribution in [1.82, 2.24) is 15.0 Å². The largest absolute Gasteiger partial charge is 0.356 e. The molecule has 1 aliphatic carbocycles. The molecule has 5 rings (SSSR count). The van der Waals surface area contributed by atoms with Gasteiger partial charge in [-0.25, -0.2) is 9.97 Å². The van der Waals surface area contributed by atoms with Crippen LogP contribution in [-0.2, 0) is 12.8 Å². The molecular weight excluding hydrogens is 340 g/mol. The highest BCUT2D eigenvalue weighted by molar-refractivity contribution is 7.19. The molecule has 3 aromatic heterocycles. The standard InChI is InChI=1S/C21H24N4S/c1-3-7-16-17(8-4-1)26-21-18(16)20(25-13-5-2-6-14-25)23-19(24-21)15-9-11-22-12-10-15/h9-12H,1-8,13-14H2. The zero-order chi connectivity index (χ0) is 17.3. The Morgan fingerprint density at radius 1 is 0.846 bits per heavy atom. The Kier molecular flexibility index (Phi) is 4.33. The maximum atomic E-state index is 5.10. The average molecular weight is 365 g/mol. The predicted molar refractivity (Wildman–Crippen MR) is 108 cm³/mol. The van der Waals surface area contributed by atoms with E-state index in [1.54, 1.807) is 10.4 Å². The minimum atomic E-state index is 0.844. The summed E-state index contributed by atoms with van der Waals surface area (Å²) in [5.41, 5.74) is 2.60. The Morgan fingerprint density at radius 2 is 1.62 bits per heavy atom. The molecule has 0 unspecified atom stereocenters. The molecule has 1 fully saturated rings. The van der Waals surface area contributed by atoms with Crippen molar-refractivity contribution in [3.63, 3.8) is 0 Å². The highest BCUT2D eigenvalue weighted by Gasteiger charge is 2.24. The van der Waals surface area contributed by atoms with Gasteiger partial charge in [0.15, 0.2) is 5.82 Å². The van der Waals surface area contributed by atoms with E-state index in [4.69, 9.17) is 9.97 Å². The maximum absolute atomic E-state index is 5.10. The van der Waals surface area contributed by atoms with Crippen LogP contribution in [0.3, 0.4) is 0 Å². The van der Waals surface area contributed by atoms with Crippen LogP contribution in [0.4, 0.5) is 5.82 Å². The molecule has 0 amide bonds. The molecule has 2 aliphatic rings. The molecule has 0 radical (unpaired) electrons. The van der Waals surface area contributed by atoms with Gasteiger partial charge in [0.2, 0.25) is 0 Å². The van der Waals surface area contributed by atoms with Gasteiger partial charge >= 0.3 is 0 Å². The van der Waals surface area contributed by atoms with Crippen molar-refractivity contribution in [2.45, 2.75) is 51.4 Å². The number of anilines is 1. The van der Waals surface area contributed by atoms with Gasteiger partial charge in [-0.05, 0) is 62.6 Å². The quantitative estimate of drug-likeness (QED) is 0.599. The fourth-order valence-electron chi connectivity index (χ4n) is 4.28. The van der Waals surface area contributed by atoms with Crippen LogP contribution in [0.5, 0.6) is 0 Å². The summed E-state index contributed by atoms with van der Waals surface area (Å²) in [6, 6.07) is 4.03. The van der Waals surface area contributed by atoms with Gasteiger partial charge in [-0.15, -0.1) is 11.3 Å². The van der Waals surface area contributed by atoms with Crippen molar-refractivity contribution in [1.29, 1.82) is 0 Å². The van der Waals surface area contributed by atoms with Crippen LogP contribution < -0.4 is 4.90 Å². The summed E-state index contributed by atoms with van der Waals surface area (Å²) in [6.07, 6.45) is 13.9. The Bertz CT molecular complexity index is 913. The first-order chi connectivity index (χ1) is 12.9. The Morgan fingerprint density at radius 3 is 2.46 bits per heavy atom. The van der Waals surface area contributed by atoms with E-state index in [-0.39, 0.29) is 0 Å². The smallest absolute Gasteiger partial charge is 0.163 e. The van der Waals surface area contributed by atoms with Crippen molar-refractivity contribution in [3.8, 4) is 11.4 Å². The number of hydrogen-bond donors (Lipinski definition) is 0. The normalized spacial score (nSPS) is 17.9. The molecular formula is C21H24N4S. The molecule has 3 aromatic rings. The first-order valence-corrected chi connectivity index (χ1v) is 10.7. The number of piperidine rings is 1. The van der Waals surface area contributed by atoms with Crippen LogP contribution in [0.25, 0.3) is 21.6 Å². The summed E-state index contributed by atoms with van der Waals surface area (Å²) in [4.78, 5) is 19.5. The molecule has 0 atom stereocenters. The van der Waals surface area contributed by atoms with Crippen molar-refractivity contribution in [2.75, 3.05) is 18.0 Å². The topological polar surface area (TPSA) is 41.9 Å². The lowest BCUT2D eigenvalue weighted by Gasteiger charge is -2.29. The molecule has 0 spiro atoms. The number of hydrogen-bond acceptors (Lipinski definition) is 5. The van der Waals surface area contributed by atoms with Gasteiger partial charge in [-0.3, -0.25) is 4.98 Å². The van der Waals surface area contributed by atoms with E-state index in [0.717, 1.165) is 24.5 Å². The summed E-state index contributed by atoms with van der Waals surface area (Å²) in [5, 5.41) is 1.35. The molecule has 0 N–H and O–H groups in total. The van der Waals surface area contributed by atoms with Gasteiger partial charge < -0.3 is 4.90 Å². The first kappa shape index (κ1) is 16.2. The third-order valence-electron chi connectivity index (χ3n) is 5.64. The molecule has 1 saturated heterocycles. The summed E-state index contributed by atoms with van der Waals surface area (Å²) in [7, 11) is 0. The minimum absolute atomic E-state index is 0.844. The zero-order valence-electron chi connectivity index (χ0n) is 15.1. The zero-order valence-corrected chi connectivity index (χ0v) is 15.9. The third kappa shape index (κ3) is 2.88. The third-order valence-corrected chi connectivity index (χ3v) is 6.83. The average Bonchev–Trinajstić information content (AvgIpc) is 2.89. The highest BCUT2D eigenvalue weighted by Crippen LogP contribution is 2.40. The first-order valence-electron chi connectivity index (χ1n) is 9.88. The molecule has 0 saturated carbocycles. The number of nitrogens with zero attached hydrogens (tertiary/aromatic N) is 4. The lowest BCUT2D eigenvalue weighted by molar-refractivity contribution is 0.574. The Balaban J connectivity index is 1.72. The monoisotopic (exact) mass is 364 g/mol. The van der Waals surface area contributed by atoms with E-state index in [9.17, 15) is 0 Å². The van der Waals surface area contributed by atoms with Crippen LogP contribution in [0.15, 0.2) is 24.5 Å². The molecule has 5 heteroatoms. The Hall–Kier alpha value is -2.01. The van der Waals surface area contributed by atoms with E-state index < -0.39 is 0 Å². The number of pyridine rings is 1. The van der Waals surface area contributed by atoms with Crippen LogP contribution in [-0.4, -0.2) is 28.0 Å². The number of thiophene rings is 1. The molecule has 4 heterocycles. The van der Waals surface area contributed by atoms with Crippen LogP contribution in [0, 0.1) is 0 Å². The minimum Gasteiger partial charge on any atom is -0.356 e. The number of aryl methyl sites for hydroxylation is 2. The second kappa shape index (κ2) is 6.95. The van der Waals surface area contributed by atoms with Gasteiger partial charge in [0.1, 0.15) is 10.6 Å². The van der Waals surface area contributed by atoms with Crippen LogP contribution in [0.2, 0.25) is 0 Å². The van der Waals surface area contributed by atoms with Crippen LogP contribution >= 0.6 is 11.3 Å². The summed E-state index contributed by atoms with van der Waals surface area (Å²) in [5.74, 6) is 2.03. The van der Waals surface area contributed by atoms with Crippen molar-refractivity contribution < 1.29 is 0 Å². The van der Waals surface area contributed by atoms with Gasteiger partial charge in [0.05, 0.1) is 5.39 Å². The van der Waals surface area contributed by atoms with Gasteiger partial charge in [-0.2, -0.15) is 0 Å². The van der Waals surface area contributed by atoms with Crippen LogP contribution in [0.1, 0.15) is 49.0 Å². The van der Waals surface area contributed by atoms with E-state index in [1.807, 2.05) is 35.9 Å². The summed E-state index contributed by atoms with van der Waals surface area (Å²) < 4.78 is 0. The number of aromatic nitrogens is 3. The second-order valence-corrected chi connectivity index (χ2v) is 8.48. The van der Waals surface area contributed by atoms with E-state index >= 15 is 0 Å². The predicted octanol–water partition coefficient (Wildman–Crippen LogP) is 5.01. The number of fused-ring (bicyclic) bond motifs is 3. The van der Waals surface area contributed by atoms with E-state index in [2.05, 4.69) is 9.88 Å². The lowest BCUT2D eigenvalue weighted by Crippen LogP contribution is -2.30. The second-order valence-electron chi connectivity index (χ2n) is 7.40. The summed E-state index contributed by atoms with van der Waals surface area (Å²) in [6.45, 7) is 2.24. The SMILES string of the molecule is c1cc(-c2nc(N3CCCCC3)c3c4c(sc3n2)CCCCC4)ccn1. The van der Waals surface area contributed by atoms with Crippen molar-refractivity contribution >= 4 is 27.4 Å². The lowest BCUT2D eigenvalue weighted by atomic mass is 10.1. The molecule has 0 aromatic carbocycles. The van der Waals surface area contributed by atoms with Crippen molar-refractivity contribution in [2.24, 2.45) is 0 Å². The fourth-order valence-corrected chi connectivity index (χ4v) is 5.54. The molecule has 26 heavy (non-hydrogen) atoms. The molecule has 0 bridgehead atoms. The van der Waals surface area contributed by atoms with Gasteiger partial charge in [0.25, 0.3) is 0 Å². The molecule has 4 nitrogen and oxygen atoms in total. The number of rotatable bonds is 2. The maximum Gasteiger partial charge on any atom is 0.163 e. The highest BCUT2D eigenvalue weighted by atomic mass is 32.1. The van der Waals surface area contributed by atoms with E-state index in [1.165, 1.54) is 67.4 Å². The molecule has 1 aliphatic heterocycles. The Labute approximate surface area is 158 Å². The van der Waals surface area contributed by atoms with E-state index in [0.29, 0.717) is 0 Å². The summed E-state index contributed by atoms with van der Waals surface area (Å²) >= 11 is 1.91. The fraction of sp³-hybridized carbons (Fsp3) is 0.476.